The number of rotatable bonds is 5. The van der Waals surface area contributed by atoms with Crippen molar-refractivity contribution < 1.29 is 9.47 Å². The predicted octanol–water partition coefficient (Wildman–Crippen LogP) is 0.158. The van der Waals surface area contributed by atoms with Crippen molar-refractivity contribution in [2.24, 2.45) is 5.73 Å². The molecule has 0 aliphatic heterocycles. The highest BCUT2D eigenvalue weighted by molar-refractivity contribution is 4.44. The van der Waals surface area contributed by atoms with Gasteiger partial charge in [0.1, 0.15) is 0 Å². The van der Waals surface area contributed by atoms with Crippen LogP contribution in [0.5, 0.6) is 0 Å². The third-order valence-electron chi connectivity index (χ3n) is 0.774. The second-order valence-corrected chi connectivity index (χ2v) is 1.54. The van der Waals surface area contributed by atoms with Crippen LogP contribution in [0.4, 0.5) is 0 Å². The molecule has 0 aromatic heterocycles. The van der Waals surface area contributed by atoms with Crippen molar-refractivity contribution in [3.8, 4) is 0 Å². The monoisotopic (exact) mass is 132 g/mol. The molecule has 0 aromatic rings. The third-order valence-corrected chi connectivity index (χ3v) is 0.774. The van der Waals surface area contributed by atoms with E-state index in [-0.39, 0.29) is 6.29 Å². The Morgan fingerprint density at radius 2 is 2.22 bits per heavy atom. The van der Waals surface area contributed by atoms with Crippen molar-refractivity contribution in [3.05, 3.63) is 6.92 Å². The molecule has 0 aliphatic carbocycles. The van der Waals surface area contributed by atoms with E-state index in [9.17, 15) is 0 Å². The molecule has 1 atom stereocenters. The fourth-order valence-electron chi connectivity index (χ4n) is 0.433. The first kappa shape index (κ1) is 8.88. The standard InChI is InChI=1S/C6H14NO2/c1-3-8-6(2)9-5-4-7/h6H,2-5,7H2,1H3. The molecular formula is C6H14NO2. The summed E-state index contributed by atoms with van der Waals surface area (Å²) in [4.78, 5) is 0. The maximum absolute atomic E-state index is 5.16. The predicted molar refractivity (Wildman–Crippen MR) is 35.8 cm³/mol. The molecule has 1 radical (unpaired) electrons. The van der Waals surface area contributed by atoms with Crippen LogP contribution in [-0.2, 0) is 9.47 Å². The molecule has 0 bridgehead atoms. The van der Waals surface area contributed by atoms with Crippen molar-refractivity contribution in [2.45, 2.75) is 13.2 Å². The van der Waals surface area contributed by atoms with Gasteiger partial charge in [0.05, 0.1) is 6.61 Å². The van der Waals surface area contributed by atoms with Gasteiger partial charge in [-0.2, -0.15) is 0 Å². The smallest absolute Gasteiger partial charge is 0.157 e. The van der Waals surface area contributed by atoms with E-state index in [1.54, 1.807) is 0 Å². The van der Waals surface area contributed by atoms with Crippen LogP contribution in [-0.4, -0.2) is 26.0 Å². The lowest BCUT2D eigenvalue weighted by Crippen LogP contribution is -2.18. The topological polar surface area (TPSA) is 44.5 Å². The zero-order valence-corrected chi connectivity index (χ0v) is 5.80. The van der Waals surface area contributed by atoms with Crippen LogP contribution in [0.25, 0.3) is 0 Å². The summed E-state index contributed by atoms with van der Waals surface area (Å²) >= 11 is 0. The van der Waals surface area contributed by atoms with Crippen LogP contribution >= 0.6 is 0 Å². The molecule has 0 aliphatic rings. The maximum atomic E-state index is 5.16. The van der Waals surface area contributed by atoms with Crippen molar-refractivity contribution in [3.63, 3.8) is 0 Å². The molecule has 0 saturated heterocycles. The van der Waals surface area contributed by atoms with E-state index in [1.165, 1.54) is 0 Å². The quantitative estimate of drug-likeness (QED) is 0.542. The minimum atomic E-state index is -0.362. The van der Waals surface area contributed by atoms with Crippen molar-refractivity contribution in [1.82, 2.24) is 0 Å². The van der Waals surface area contributed by atoms with Crippen molar-refractivity contribution >= 4 is 0 Å². The van der Waals surface area contributed by atoms with Gasteiger partial charge in [0.15, 0.2) is 6.29 Å². The van der Waals surface area contributed by atoms with E-state index < -0.39 is 0 Å². The van der Waals surface area contributed by atoms with Gasteiger partial charge in [-0.25, -0.2) is 0 Å². The highest BCUT2D eigenvalue weighted by atomic mass is 16.7. The molecule has 2 N–H and O–H groups in total. The summed E-state index contributed by atoms with van der Waals surface area (Å²) in [6, 6.07) is 0. The van der Waals surface area contributed by atoms with Crippen molar-refractivity contribution in [1.29, 1.82) is 0 Å². The van der Waals surface area contributed by atoms with Crippen LogP contribution in [0, 0.1) is 6.92 Å². The largest absolute Gasteiger partial charge is 0.353 e. The average Bonchev–Trinajstić information content (AvgIpc) is 1.85. The zero-order chi connectivity index (χ0) is 7.11. The highest BCUT2D eigenvalue weighted by Crippen LogP contribution is 1.89. The summed E-state index contributed by atoms with van der Waals surface area (Å²) in [6.07, 6.45) is -0.362. The van der Waals surface area contributed by atoms with E-state index in [0.29, 0.717) is 19.8 Å². The molecule has 0 saturated carbocycles. The molecule has 3 nitrogen and oxygen atoms in total. The number of hydrogen-bond donors (Lipinski definition) is 1. The minimum Gasteiger partial charge on any atom is -0.353 e. The lowest BCUT2D eigenvalue weighted by Gasteiger charge is -2.10. The summed E-state index contributed by atoms with van der Waals surface area (Å²) in [7, 11) is 0. The molecule has 0 heterocycles. The first-order valence-corrected chi connectivity index (χ1v) is 3.07. The van der Waals surface area contributed by atoms with Gasteiger partial charge in [-0.3, -0.25) is 0 Å². The highest BCUT2D eigenvalue weighted by Gasteiger charge is 1.96. The van der Waals surface area contributed by atoms with Crippen LogP contribution in [0.2, 0.25) is 0 Å². The summed E-state index contributed by atoms with van der Waals surface area (Å²) < 4.78 is 9.93. The lowest BCUT2D eigenvalue weighted by molar-refractivity contribution is -0.107. The maximum Gasteiger partial charge on any atom is 0.157 e. The number of hydrogen-bond acceptors (Lipinski definition) is 3. The SMILES string of the molecule is [CH2]C(OCC)OCCN. The summed E-state index contributed by atoms with van der Waals surface area (Å²) in [5.74, 6) is 0. The van der Waals surface area contributed by atoms with E-state index >= 15 is 0 Å². The Kier molecular flexibility index (Phi) is 5.93. The molecule has 1 unspecified atom stereocenters. The van der Waals surface area contributed by atoms with Gasteiger partial charge in [0.2, 0.25) is 0 Å². The lowest BCUT2D eigenvalue weighted by atomic mass is 10.7. The van der Waals surface area contributed by atoms with E-state index in [4.69, 9.17) is 15.2 Å². The second-order valence-electron chi connectivity index (χ2n) is 1.54. The van der Waals surface area contributed by atoms with Gasteiger partial charge in [-0.05, 0) is 6.92 Å². The summed E-state index contributed by atoms with van der Waals surface area (Å²) in [5.41, 5.74) is 5.16. The zero-order valence-electron chi connectivity index (χ0n) is 5.80. The Labute approximate surface area is 56.1 Å². The van der Waals surface area contributed by atoms with E-state index in [0.717, 1.165) is 0 Å². The van der Waals surface area contributed by atoms with Crippen LogP contribution in [0.3, 0.4) is 0 Å². The van der Waals surface area contributed by atoms with Gasteiger partial charge < -0.3 is 15.2 Å². The van der Waals surface area contributed by atoms with E-state index in [2.05, 4.69) is 6.92 Å². The van der Waals surface area contributed by atoms with Gasteiger partial charge in [0.25, 0.3) is 0 Å². The van der Waals surface area contributed by atoms with Crippen LogP contribution in [0.1, 0.15) is 6.92 Å². The van der Waals surface area contributed by atoms with Gasteiger partial charge in [-0.15, -0.1) is 0 Å². The van der Waals surface area contributed by atoms with Gasteiger partial charge >= 0.3 is 0 Å². The fourth-order valence-corrected chi connectivity index (χ4v) is 0.433. The van der Waals surface area contributed by atoms with Crippen LogP contribution < -0.4 is 5.73 Å². The molecule has 0 fully saturated rings. The molecule has 0 amide bonds. The molecule has 0 spiro atoms. The van der Waals surface area contributed by atoms with Gasteiger partial charge in [0, 0.05) is 20.1 Å². The Morgan fingerprint density at radius 1 is 1.56 bits per heavy atom. The van der Waals surface area contributed by atoms with Crippen LogP contribution in [0.15, 0.2) is 0 Å². The summed E-state index contributed by atoms with van der Waals surface area (Å²) in [5, 5.41) is 0. The Morgan fingerprint density at radius 3 is 2.67 bits per heavy atom. The Bertz CT molecular complexity index is 59.0. The molecule has 0 rings (SSSR count). The second kappa shape index (κ2) is 6.01. The van der Waals surface area contributed by atoms with Gasteiger partial charge in [-0.1, -0.05) is 0 Å². The average molecular weight is 132 g/mol. The van der Waals surface area contributed by atoms with E-state index in [1.807, 2.05) is 6.92 Å². The summed E-state index contributed by atoms with van der Waals surface area (Å²) in [6.45, 7) is 7.10. The first-order valence-electron chi connectivity index (χ1n) is 3.07. The minimum absolute atomic E-state index is 0.362. The normalized spacial score (nSPS) is 13.7. The molecular weight excluding hydrogens is 118 g/mol. The molecule has 3 heteroatoms. The third kappa shape index (κ3) is 5.76. The molecule has 55 valence electrons. The number of ether oxygens (including phenoxy) is 2. The van der Waals surface area contributed by atoms with Crippen molar-refractivity contribution in [2.75, 3.05) is 19.8 Å². The molecule has 0 aromatic carbocycles. The first-order chi connectivity index (χ1) is 4.31. The fraction of sp³-hybridized carbons (Fsp3) is 0.833. The number of nitrogens with two attached hydrogens (primary N) is 1. The Hall–Kier alpha value is -0.120. The Balaban J connectivity index is 2.95. The molecule has 9 heavy (non-hydrogen) atoms.